The summed E-state index contributed by atoms with van der Waals surface area (Å²) in [5, 5.41) is 6.89. The van der Waals surface area contributed by atoms with Gasteiger partial charge in [-0.15, -0.1) is 0 Å². The van der Waals surface area contributed by atoms with Gasteiger partial charge in [0.1, 0.15) is 18.2 Å². The van der Waals surface area contributed by atoms with Crippen molar-refractivity contribution in [2.75, 3.05) is 0 Å². The van der Waals surface area contributed by atoms with Gasteiger partial charge in [-0.25, -0.2) is 4.39 Å². The van der Waals surface area contributed by atoms with Gasteiger partial charge in [-0.1, -0.05) is 43.2 Å². The molecule has 2 aromatic carbocycles. The van der Waals surface area contributed by atoms with Crippen molar-refractivity contribution >= 4 is 12.3 Å². The van der Waals surface area contributed by atoms with Crippen molar-refractivity contribution in [3.8, 4) is 5.75 Å². The number of halogens is 1. The van der Waals surface area contributed by atoms with E-state index in [0.717, 1.165) is 49.7 Å². The average molecular weight is 384 g/mol. The molecular formula is C23H25FO4. The maximum absolute atomic E-state index is 14.6. The number of Topliss-reactive ketones (excluding diaryl/α,β-unsaturated/α-hetero) is 1. The van der Waals surface area contributed by atoms with Crippen molar-refractivity contribution in [1.29, 1.82) is 0 Å². The van der Waals surface area contributed by atoms with E-state index in [4.69, 9.17) is 14.6 Å². The molecule has 0 atom stereocenters. The molecule has 28 heavy (non-hydrogen) atoms. The van der Waals surface area contributed by atoms with Gasteiger partial charge in [0.15, 0.2) is 5.78 Å². The molecule has 0 aliphatic heterocycles. The Morgan fingerprint density at radius 2 is 1.75 bits per heavy atom. The summed E-state index contributed by atoms with van der Waals surface area (Å²) in [6, 6.07) is 13.1. The highest BCUT2D eigenvalue weighted by molar-refractivity contribution is 5.98. The molecule has 0 saturated heterocycles. The molecule has 4 rings (SSSR count). The van der Waals surface area contributed by atoms with E-state index in [1.54, 1.807) is 6.07 Å². The first-order valence-electron chi connectivity index (χ1n) is 9.76. The molecule has 0 unspecified atom stereocenters. The minimum absolute atomic E-state index is 0.00219. The Hall–Kier alpha value is -2.69. The second-order valence-corrected chi connectivity index (χ2v) is 7.37. The molecule has 148 valence electrons. The summed E-state index contributed by atoms with van der Waals surface area (Å²) in [6.07, 6.45) is 6.11. The van der Waals surface area contributed by atoms with Gasteiger partial charge in [0.05, 0.1) is 5.56 Å². The summed E-state index contributed by atoms with van der Waals surface area (Å²) in [5.74, 6) is 0.529. The lowest BCUT2D eigenvalue weighted by atomic mass is 9.93. The second-order valence-electron chi connectivity index (χ2n) is 7.37. The highest BCUT2D eigenvalue weighted by Gasteiger charge is 2.31. The zero-order valence-electron chi connectivity index (χ0n) is 15.8. The molecule has 0 heterocycles. The van der Waals surface area contributed by atoms with E-state index in [1.807, 2.05) is 30.3 Å². The van der Waals surface area contributed by atoms with E-state index in [-0.39, 0.29) is 23.7 Å². The van der Waals surface area contributed by atoms with Gasteiger partial charge in [0, 0.05) is 12.0 Å². The largest absolute Gasteiger partial charge is 0.489 e. The zero-order valence-corrected chi connectivity index (χ0v) is 15.8. The van der Waals surface area contributed by atoms with E-state index >= 15 is 0 Å². The Kier molecular flexibility index (Phi) is 6.80. The summed E-state index contributed by atoms with van der Waals surface area (Å²) in [5.41, 5.74) is 2.32. The van der Waals surface area contributed by atoms with Crippen molar-refractivity contribution in [1.82, 2.24) is 0 Å². The molecule has 2 aliphatic rings. The third-order valence-electron chi connectivity index (χ3n) is 5.35. The van der Waals surface area contributed by atoms with Crippen molar-refractivity contribution in [2.45, 2.75) is 51.0 Å². The number of carbonyl (C=O) groups excluding carboxylic acids is 1. The molecule has 2 fully saturated rings. The van der Waals surface area contributed by atoms with Crippen molar-refractivity contribution in [3.05, 3.63) is 65.0 Å². The van der Waals surface area contributed by atoms with Gasteiger partial charge < -0.3 is 9.84 Å². The van der Waals surface area contributed by atoms with Crippen LogP contribution < -0.4 is 4.74 Å². The molecule has 5 heteroatoms. The molecule has 2 aromatic rings. The summed E-state index contributed by atoms with van der Waals surface area (Å²) < 4.78 is 20.6. The zero-order chi connectivity index (χ0) is 19.9. The molecule has 4 nitrogen and oxygen atoms in total. The van der Waals surface area contributed by atoms with Crippen LogP contribution in [-0.2, 0) is 11.4 Å². The van der Waals surface area contributed by atoms with Gasteiger partial charge in [0.2, 0.25) is 0 Å². The molecular weight excluding hydrogens is 359 g/mol. The number of carbonyl (C=O) groups is 2. The van der Waals surface area contributed by atoms with E-state index in [1.165, 1.54) is 6.07 Å². The summed E-state index contributed by atoms with van der Waals surface area (Å²) in [6.45, 7) is 0.163. The minimum Gasteiger partial charge on any atom is -0.489 e. The molecule has 0 spiro atoms. The number of hydrogen-bond acceptors (Lipinski definition) is 3. The van der Waals surface area contributed by atoms with Crippen LogP contribution in [0.4, 0.5) is 4.39 Å². The van der Waals surface area contributed by atoms with Crippen LogP contribution in [0.3, 0.4) is 0 Å². The average Bonchev–Trinajstić information content (AvgIpc) is 3.40. The van der Waals surface area contributed by atoms with Crippen molar-refractivity contribution < 1.29 is 23.8 Å². The smallest absolute Gasteiger partial charge is 0.290 e. The van der Waals surface area contributed by atoms with E-state index in [0.29, 0.717) is 18.3 Å². The topological polar surface area (TPSA) is 63.6 Å². The van der Waals surface area contributed by atoms with E-state index in [2.05, 4.69) is 0 Å². The first-order chi connectivity index (χ1) is 13.6. The van der Waals surface area contributed by atoms with Crippen LogP contribution in [0.2, 0.25) is 0 Å². The lowest BCUT2D eigenvalue weighted by molar-refractivity contribution is -0.122. The second kappa shape index (κ2) is 9.49. The van der Waals surface area contributed by atoms with E-state index < -0.39 is 5.82 Å². The minimum atomic E-state index is -0.440. The third-order valence-corrected chi connectivity index (χ3v) is 5.35. The van der Waals surface area contributed by atoms with Crippen molar-refractivity contribution in [2.24, 2.45) is 5.92 Å². The SMILES string of the molecule is O=C(c1cc(C2CC2)c(OCc2ccccc2)cc1F)C1CCCC1.O=CO. The van der Waals surface area contributed by atoms with Crippen molar-refractivity contribution in [3.63, 3.8) is 0 Å². The normalized spacial score (nSPS) is 16.2. The van der Waals surface area contributed by atoms with E-state index in [9.17, 15) is 9.18 Å². The Labute approximate surface area is 164 Å². The fraction of sp³-hybridized carbons (Fsp3) is 0.391. The quantitative estimate of drug-likeness (QED) is 0.538. The summed E-state index contributed by atoms with van der Waals surface area (Å²) >= 11 is 0. The first kappa shape index (κ1) is 20.1. The van der Waals surface area contributed by atoms with Crippen LogP contribution in [0.15, 0.2) is 42.5 Å². The number of ketones is 1. The summed E-state index contributed by atoms with van der Waals surface area (Å²) in [4.78, 5) is 21.0. The number of benzene rings is 2. The number of ether oxygens (including phenoxy) is 1. The molecule has 0 aromatic heterocycles. The molecule has 1 N–H and O–H groups in total. The van der Waals surface area contributed by atoms with Gasteiger partial charge in [-0.3, -0.25) is 9.59 Å². The number of carboxylic acid groups (broad SMARTS) is 1. The highest BCUT2D eigenvalue weighted by atomic mass is 19.1. The predicted molar refractivity (Wildman–Crippen MR) is 104 cm³/mol. The fourth-order valence-electron chi connectivity index (χ4n) is 3.74. The number of hydrogen-bond donors (Lipinski definition) is 1. The van der Waals surface area contributed by atoms with Crippen LogP contribution in [0.1, 0.15) is 65.9 Å². The lowest BCUT2D eigenvalue weighted by Gasteiger charge is -2.15. The molecule has 2 saturated carbocycles. The van der Waals surface area contributed by atoms with Gasteiger partial charge in [0.25, 0.3) is 6.47 Å². The number of rotatable bonds is 6. The Balaban J connectivity index is 0.000000706. The van der Waals surface area contributed by atoms with Gasteiger partial charge in [-0.05, 0) is 48.8 Å². The fourth-order valence-corrected chi connectivity index (χ4v) is 3.74. The monoisotopic (exact) mass is 384 g/mol. The Morgan fingerprint density at radius 3 is 2.36 bits per heavy atom. The van der Waals surface area contributed by atoms with Gasteiger partial charge >= 0.3 is 0 Å². The predicted octanol–water partition coefficient (Wildman–Crippen LogP) is 5.36. The Morgan fingerprint density at radius 1 is 1.11 bits per heavy atom. The maximum atomic E-state index is 14.6. The summed E-state index contributed by atoms with van der Waals surface area (Å²) in [7, 11) is 0. The van der Waals surface area contributed by atoms with Crippen LogP contribution in [0.5, 0.6) is 5.75 Å². The molecule has 2 aliphatic carbocycles. The lowest BCUT2D eigenvalue weighted by Crippen LogP contribution is -2.14. The highest BCUT2D eigenvalue weighted by Crippen LogP contribution is 2.45. The van der Waals surface area contributed by atoms with Crippen LogP contribution in [0, 0.1) is 11.7 Å². The standard InChI is InChI=1S/C22H23FO2.CH2O2/c23-20-13-21(25-14-15-6-2-1-3-7-15)18(16-10-11-16)12-19(20)22(24)17-8-4-5-9-17;2-1-3/h1-3,6-7,12-13,16-17H,4-5,8-11,14H2;1H,(H,2,3). The van der Waals surface area contributed by atoms with Crippen LogP contribution in [-0.4, -0.2) is 17.4 Å². The third kappa shape index (κ3) is 4.97. The van der Waals surface area contributed by atoms with Crippen LogP contribution in [0.25, 0.3) is 0 Å². The molecule has 0 bridgehead atoms. The van der Waals surface area contributed by atoms with Gasteiger partial charge in [-0.2, -0.15) is 0 Å². The molecule has 0 amide bonds. The maximum Gasteiger partial charge on any atom is 0.290 e. The van der Waals surface area contributed by atoms with Crippen LogP contribution >= 0.6 is 0 Å². The Bertz CT molecular complexity index is 809. The first-order valence-corrected chi connectivity index (χ1v) is 9.76. The molecule has 0 radical (unpaired) electrons.